The zero-order valence-electron chi connectivity index (χ0n) is 16.1. The Morgan fingerprint density at radius 2 is 1.81 bits per heavy atom. The molecule has 1 aliphatic rings. The molecular weight excluding hydrogens is 344 g/mol. The summed E-state index contributed by atoms with van der Waals surface area (Å²) in [5.41, 5.74) is 1.70. The number of nitrogens with zero attached hydrogens (tertiary/aromatic N) is 4. The quantitative estimate of drug-likeness (QED) is 0.703. The van der Waals surface area contributed by atoms with Crippen LogP contribution >= 0.6 is 0 Å². The number of hydrogen-bond donors (Lipinski definition) is 0. The number of ether oxygens (including phenoxy) is 1. The highest BCUT2D eigenvalue weighted by Crippen LogP contribution is 2.12. The van der Waals surface area contributed by atoms with Gasteiger partial charge in [-0.3, -0.25) is 14.6 Å². The molecule has 1 amide bonds. The number of piperazine rings is 1. The second-order valence-corrected chi connectivity index (χ2v) is 6.88. The molecule has 0 atom stereocenters. The number of carbonyl (C=O) groups is 1. The summed E-state index contributed by atoms with van der Waals surface area (Å²) in [6.45, 7) is 6.61. The van der Waals surface area contributed by atoms with E-state index in [0.717, 1.165) is 32.7 Å². The van der Waals surface area contributed by atoms with Crippen LogP contribution in [0.25, 0.3) is 0 Å². The molecule has 1 aromatic carbocycles. The van der Waals surface area contributed by atoms with Crippen LogP contribution in [0.4, 0.5) is 0 Å². The van der Waals surface area contributed by atoms with E-state index in [1.165, 1.54) is 11.8 Å². The van der Waals surface area contributed by atoms with Crippen LogP contribution in [0.1, 0.15) is 21.9 Å². The van der Waals surface area contributed by atoms with Gasteiger partial charge in [-0.15, -0.1) is 0 Å². The smallest absolute Gasteiger partial charge is 0.275 e. The van der Waals surface area contributed by atoms with E-state index in [1.54, 1.807) is 19.1 Å². The van der Waals surface area contributed by atoms with Crippen LogP contribution in [0.2, 0.25) is 0 Å². The summed E-state index contributed by atoms with van der Waals surface area (Å²) in [7, 11) is 3.35. The van der Waals surface area contributed by atoms with Gasteiger partial charge in [-0.25, -0.2) is 4.98 Å². The summed E-state index contributed by atoms with van der Waals surface area (Å²) >= 11 is 0. The predicted molar refractivity (Wildman–Crippen MR) is 102 cm³/mol. The van der Waals surface area contributed by atoms with Crippen molar-refractivity contribution in [2.24, 2.45) is 0 Å². The third-order valence-electron chi connectivity index (χ3n) is 4.82. The maximum absolute atomic E-state index is 12.3. The summed E-state index contributed by atoms with van der Waals surface area (Å²) < 4.78 is 10.5. The molecule has 0 aliphatic carbocycles. The maximum Gasteiger partial charge on any atom is 0.275 e. The van der Waals surface area contributed by atoms with Gasteiger partial charge in [0.25, 0.3) is 5.91 Å². The lowest BCUT2D eigenvalue weighted by Gasteiger charge is -2.34. The third kappa shape index (κ3) is 5.63. The zero-order chi connectivity index (χ0) is 19.1. The van der Waals surface area contributed by atoms with Gasteiger partial charge in [0.2, 0.25) is 5.89 Å². The average Bonchev–Trinajstić information content (AvgIpc) is 3.16. The number of amides is 1. The third-order valence-corrected chi connectivity index (χ3v) is 4.82. The molecule has 1 fully saturated rings. The van der Waals surface area contributed by atoms with Crippen LogP contribution in [-0.4, -0.2) is 79.1 Å². The van der Waals surface area contributed by atoms with Crippen molar-refractivity contribution in [2.75, 3.05) is 53.5 Å². The van der Waals surface area contributed by atoms with Gasteiger partial charge in [0.15, 0.2) is 5.69 Å². The Morgan fingerprint density at radius 3 is 2.48 bits per heavy atom. The highest BCUT2D eigenvalue weighted by molar-refractivity contribution is 5.91. The fraction of sp³-hybridized carbons (Fsp3) is 0.500. The van der Waals surface area contributed by atoms with E-state index < -0.39 is 0 Å². The number of carbonyl (C=O) groups excluding carboxylic acids is 1. The summed E-state index contributed by atoms with van der Waals surface area (Å²) in [6.07, 6.45) is 1.45. The van der Waals surface area contributed by atoms with Crippen molar-refractivity contribution in [1.82, 2.24) is 19.7 Å². The second-order valence-electron chi connectivity index (χ2n) is 6.88. The lowest BCUT2D eigenvalue weighted by atomic mass is 10.2. The van der Waals surface area contributed by atoms with Crippen molar-refractivity contribution in [2.45, 2.75) is 13.1 Å². The Bertz CT molecular complexity index is 711. The summed E-state index contributed by atoms with van der Waals surface area (Å²) in [5.74, 6) is 0.449. The monoisotopic (exact) mass is 372 g/mol. The van der Waals surface area contributed by atoms with Crippen molar-refractivity contribution >= 4 is 5.91 Å². The molecule has 3 rings (SSSR count). The van der Waals surface area contributed by atoms with Gasteiger partial charge in [-0.05, 0) is 5.56 Å². The van der Waals surface area contributed by atoms with E-state index >= 15 is 0 Å². The number of hydrogen-bond acceptors (Lipinski definition) is 6. The Hall–Kier alpha value is -2.22. The minimum Gasteiger partial charge on any atom is -0.447 e. The standard InChI is InChI=1S/C20H28N4O3/c1-22(12-13-26-2)20(25)18-16-27-19(21-18)15-24-10-8-23(9-11-24)14-17-6-4-3-5-7-17/h3-7,16H,8-15H2,1-2H3. The van der Waals surface area contributed by atoms with E-state index in [0.29, 0.717) is 31.3 Å². The first-order valence-electron chi connectivity index (χ1n) is 9.33. The first-order chi connectivity index (χ1) is 13.2. The van der Waals surface area contributed by atoms with E-state index in [4.69, 9.17) is 9.15 Å². The van der Waals surface area contributed by atoms with Crippen LogP contribution in [0, 0.1) is 0 Å². The molecule has 7 heteroatoms. The molecule has 0 bridgehead atoms. The Kier molecular flexibility index (Phi) is 6.98. The molecule has 0 radical (unpaired) electrons. The predicted octanol–water partition coefficient (Wildman–Crippen LogP) is 1.71. The zero-order valence-corrected chi connectivity index (χ0v) is 16.1. The van der Waals surface area contributed by atoms with Crippen LogP contribution in [0.3, 0.4) is 0 Å². The molecule has 7 nitrogen and oxygen atoms in total. The number of methoxy groups -OCH3 is 1. The lowest BCUT2D eigenvalue weighted by molar-refractivity contribution is 0.0738. The molecule has 2 aromatic rings. The highest BCUT2D eigenvalue weighted by Gasteiger charge is 2.21. The van der Waals surface area contributed by atoms with Gasteiger partial charge < -0.3 is 14.1 Å². The molecule has 146 valence electrons. The van der Waals surface area contributed by atoms with Crippen molar-refractivity contribution in [3.63, 3.8) is 0 Å². The summed E-state index contributed by atoms with van der Waals surface area (Å²) in [6, 6.07) is 10.5. The van der Waals surface area contributed by atoms with Crippen LogP contribution in [0.15, 0.2) is 41.0 Å². The fourth-order valence-corrected chi connectivity index (χ4v) is 3.15. The van der Waals surface area contributed by atoms with Gasteiger partial charge in [0.1, 0.15) is 6.26 Å². The largest absolute Gasteiger partial charge is 0.447 e. The molecule has 1 aromatic heterocycles. The second kappa shape index (κ2) is 9.64. The molecule has 0 unspecified atom stereocenters. The van der Waals surface area contributed by atoms with Crippen molar-refractivity contribution in [3.8, 4) is 0 Å². The summed E-state index contributed by atoms with van der Waals surface area (Å²) in [5, 5.41) is 0. The van der Waals surface area contributed by atoms with E-state index in [1.807, 2.05) is 6.07 Å². The number of benzene rings is 1. The number of rotatable bonds is 8. The number of aromatic nitrogens is 1. The van der Waals surface area contributed by atoms with Gasteiger partial charge in [-0.1, -0.05) is 30.3 Å². The van der Waals surface area contributed by atoms with E-state index in [-0.39, 0.29) is 5.91 Å². The minimum absolute atomic E-state index is 0.144. The lowest BCUT2D eigenvalue weighted by Crippen LogP contribution is -2.45. The van der Waals surface area contributed by atoms with Gasteiger partial charge >= 0.3 is 0 Å². The maximum atomic E-state index is 12.3. The van der Waals surface area contributed by atoms with Crippen molar-refractivity contribution < 1.29 is 13.9 Å². The number of oxazole rings is 1. The van der Waals surface area contributed by atoms with Crippen LogP contribution < -0.4 is 0 Å². The molecule has 0 spiro atoms. The number of likely N-dealkylation sites (N-methyl/N-ethyl adjacent to an activating group) is 1. The topological polar surface area (TPSA) is 62.1 Å². The van der Waals surface area contributed by atoms with Gasteiger partial charge in [-0.2, -0.15) is 0 Å². The Balaban J connectivity index is 1.45. The molecule has 2 heterocycles. The van der Waals surface area contributed by atoms with Crippen LogP contribution in [0.5, 0.6) is 0 Å². The highest BCUT2D eigenvalue weighted by atomic mass is 16.5. The molecule has 1 aliphatic heterocycles. The minimum atomic E-state index is -0.144. The molecular formula is C20H28N4O3. The molecule has 27 heavy (non-hydrogen) atoms. The van der Waals surface area contributed by atoms with Crippen molar-refractivity contribution in [3.05, 3.63) is 53.7 Å². The first kappa shape index (κ1) is 19.5. The average molecular weight is 372 g/mol. The first-order valence-corrected chi connectivity index (χ1v) is 9.33. The van der Waals surface area contributed by atoms with E-state index in [9.17, 15) is 4.79 Å². The SMILES string of the molecule is COCCN(C)C(=O)c1coc(CN2CCN(Cc3ccccc3)CC2)n1. The van der Waals surface area contributed by atoms with E-state index in [2.05, 4.69) is 39.0 Å². The Morgan fingerprint density at radius 1 is 1.15 bits per heavy atom. The van der Waals surface area contributed by atoms with Gasteiger partial charge in [0, 0.05) is 53.4 Å². The fourth-order valence-electron chi connectivity index (χ4n) is 3.15. The molecule has 0 saturated carbocycles. The molecule has 0 N–H and O–H groups in total. The van der Waals surface area contributed by atoms with Crippen LogP contribution in [-0.2, 0) is 17.8 Å². The Labute approximate surface area is 160 Å². The summed E-state index contributed by atoms with van der Waals surface area (Å²) in [4.78, 5) is 23.0. The molecule has 1 saturated heterocycles. The normalized spacial score (nSPS) is 15.8. The van der Waals surface area contributed by atoms with Crippen molar-refractivity contribution in [1.29, 1.82) is 0 Å². The van der Waals surface area contributed by atoms with Gasteiger partial charge in [0.05, 0.1) is 13.2 Å².